The number of hydrogen-bond acceptors (Lipinski definition) is 2. The minimum absolute atomic E-state index is 0.0249. The minimum Gasteiger partial charge on any atom is -0.341 e. The maximum absolute atomic E-state index is 10.7. The van der Waals surface area contributed by atoms with Crippen LogP contribution in [0.1, 0.15) is 20.3 Å². The Morgan fingerprint density at radius 3 is 2.78 bits per heavy atom. The van der Waals surface area contributed by atoms with Gasteiger partial charge in [-0.2, -0.15) is 0 Å². The fourth-order valence-corrected chi connectivity index (χ4v) is 1.69. The van der Waals surface area contributed by atoms with Crippen LogP contribution in [0.5, 0.6) is 0 Å². The molecule has 0 saturated carbocycles. The lowest BCUT2D eigenvalue weighted by Crippen LogP contribution is -2.35. The van der Waals surface area contributed by atoms with Crippen molar-refractivity contribution in [3.05, 3.63) is 0 Å². The van der Waals surface area contributed by atoms with E-state index in [1.165, 1.54) is 0 Å². The fourth-order valence-electron chi connectivity index (χ4n) is 0.782. The van der Waals surface area contributed by atoms with Gasteiger partial charge in [-0.3, -0.25) is 4.79 Å². The molecular weight excluding hydrogens is 134 g/mol. The minimum atomic E-state index is 0.0249. The molecule has 1 fully saturated rings. The number of carbonyl (C=O) groups is 1. The van der Waals surface area contributed by atoms with Gasteiger partial charge in [-0.1, -0.05) is 6.92 Å². The summed E-state index contributed by atoms with van der Waals surface area (Å²) < 4.78 is 0. The lowest BCUT2D eigenvalue weighted by molar-refractivity contribution is -0.118. The van der Waals surface area contributed by atoms with Crippen molar-refractivity contribution >= 4 is 17.7 Å². The first-order valence-electron chi connectivity index (χ1n) is 3.11. The van der Waals surface area contributed by atoms with Crippen LogP contribution in [0.4, 0.5) is 0 Å². The SMILES string of the molecule is CCC1(C)NC(=O)CS1. The highest BCUT2D eigenvalue weighted by Crippen LogP contribution is 2.29. The van der Waals surface area contributed by atoms with Gasteiger partial charge in [0.1, 0.15) is 0 Å². The van der Waals surface area contributed by atoms with Crippen LogP contribution in [0.3, 0.4) is 0 Å². The van der Waals surface area contributed by atoms with E-state index in [1.807, 2.05) is 0 Å². The van der Waals surface area contributed by atoms with E-state index in [2.05, 4.69) is 19.2 Å². The normalized spacial score (nSPS) is 34.7. The molecule has 0 aliphatic carbocycles. The van der Waals surface area contributed by atoms with E-state index in [1.54, 1.807) is 11.8 Å². The van der Waals surface area contributed by atoms with E-state index in [-0.39, 0.29) is 10.8 Å². The van der Waals surface area contributed by atoms with E-state index in [9.17, 15) is 4.79 Å². The second-order valence-corrected chi connectivity index (χ2v) is 3.90. The number of carbonyl (C=O) groups excluding carboxylic acids is 1. The van der Waals surface area contributed by atoms with Crippen LogP contribution >= 0.6 is 11.8 Å². The zero-order valence-corrected chi connectivity index (χ0v) is 6.55. The third kappa shape index (κ3) is 1.39. The average molecular weight is 145 g/mol. The molecule has 1 heterocycles. The highest BCUT2D eigenvalue weighted by atomic mass is 32.2. The predicted molar refractivity (Wildman–Crippen MR) is 39.3 cm³/mol. The van der Waals surface area contributed by atoms with Gasteiger partial charge in [-0.05, 0) is 13.3 Å². The molecule has 0 spiro atoms. The molecule has 1 rings (SSSR count). The fraction of sp³-hybridized carbons (Fsp3) is 0.833. The van der Waals surface area contributed by atoms with Gasteiger partial charge in [0.2, 0.25) is 5.91 Å². The van der Waals surface area contributed by atoms with Crippen molar-refractivity contribution in [3.63, 3.8) is 0 Å². The molecule has 52 valence electrons. The van der Waals surface area contributed by atoms with Gasteiger partial charge in [-0.25, -0.2) is 0 Å². The highest BCUT2D eigenvalue weighted by molar-refractivity contribution is 8.01. The summed E-state index contributed by atoms with van der Waals surface area (Å²) in [6, 6.07) is 0. The summed E-state index contributed by atoms with van der Waals surface area (Å²) >= 11 is 1.69. The molecule has 0 radical (unpaired) electrons. The topological polar surface area (TPSA) is 29.1 Å². The van der Waals surface area contributed by atoms with E-state index in [0.29, 0.717) is 5.75 Å². The number of nitrogens with one attached hydrogen (secondary N) is 1. The van der Waals surface area contributed by atoms with Gasteiger partial charge in [0.15, 0.2) is 0 Å². The van der Waals surface area contributed by atoms with E-state index in [4.69, 9.17) is 0 Å². The van der Waals surface area contributed by atoms with Crippen molar-refractivity contribution in [2.24, 2.45) is 0 Å². The molecule has 0 aromatic carbocycles. The van der Waals surface area contributed by atoms with Crippen molar-refractivity contribution in [1.29, 1.82) is 0 Å². The molecule has 1 N–H and O–H groups in total. The zero-order chi connectivity index (χ0) is 6.91. The standard InChI is InChI=1S/C6H11NOS/c1-3-6(2)7-5(8)4-9-6/h3-4H2,1-2H3,(H,7,8). The van der Waals surface area contributed by atoms with Gasteiger partial charge in [-0.15, -0.1) is 11.8 Å². The van der Waals surface area contributed by atoms with Crippen molar-refractivity contribution in [3.8, 4) is 0 Å². The molecule has 1 saturated heterocycles. The largest absolute Gasteiger partial charge is 0.341 e. The summed E-state index contributed by atoms with van der Waals surface area (Å²) in [5, 5.41) is 2.90. The Kier molecular flexibility index (Phi) is 1.70. The third-order valence-corrected chi connectivity index (χ3v) is 3.03. The monoisotopic (exact) mass is 145 g/mol. The molecule has 0 aromatic heterocycles. The van der Waals surface area contributed by atoms with Crippen LogP contribution in [0.2, 0.25) is 0 Å². The van der Waals surface area contributed by atoms with Crippen molar-refractivity contribution in [2.75, 3.05) is 5.75 Å². The van der Waals surface area contributed by atoms with Gasteiger partial charge in [0, 0.05) is 0 Å². The van der Waals surface area contributed by atoms with E-state index < -0.39 is 0 Å². The van der Waals surface area contributed by atoms with Crippen molar-refractivity contribution < 1.29 is 4.79 Å². The van der Waals surface area contributed by atoms with Crippen LogP contribution in [0, 0.1) is 0 Å². The lowest BCUT2D eigenvalue weighted by atomic mass is 10.2. The quantitative estimate of drug-likeness (QED) is 0.596. The molecular formula is C6H11NOS. The molecule has 0 bridgehead atoms. The van der Waals surface area contributed by atoms with E-state index >= 15 is 0 Å². The maximum atomic E-state index is 10.7. The Labute approximate surface area is 59.4 Å². The summed E-state index contributed by atoms with van der Waals surface area (Å²) in [6.45, 7) is 4.14. The first-order chi connectivity index (χ1) is 4.16. The highest BCUT2D eigenvalue weighted by Gasteiger charge is 2.31. The summed E-state index contributed by atoms with van der Waals surface area (Å²) in [4.78, 5) is 10.7. The summed E-state index contributed by atoms with van der Waals surface area (Å²) in [6.07, 6.45) is 1.00. The molecule has 1 unspecified atom stereocenters. The van der Waals surface area contributed by atoms with Crippen LogP contribution < -0.4 is 5.32 Å². The van der Waals surface area contributed by atoms with E-state index in [0.717, 1.165) is 6.42 Å². The number of rotatable bonds is 1. The second kappa shape index (κ2) is 2.21. The maximum Gasteiger partial charge on any atom is 0.231 e. The molecule has 9 heavy (non-hydrogen) atoms. The van der Waals surface area contributed by atoms with Crippen LogP contribution in [-0.4, -0.2) is 16.5 Å². The number of thioether (sulfide) groups is 1. The van der Waals surface area contributed by atoms with Crippen LogP contribution in [0.25, 0.3) is 0 Å². The van der Waals surface area contributed by atoms with Crippen molar-refractivity contribution in [2.45, 2.75) is 25.1 Å². The molecule has 1 aliphatic rings. The van der Waals surface area contributed by atoms with Crippen LogP contribution in [-0.2, 0) is 4.79 Å². The van der Waals surface area contributed by atoms with Gasteiger partial charge < -0.3 is 5.32 Å². The first-order valence-corrected chi connectivity index (χ1v) is 4.10. The second-order valence-electron chi connectivity index (χ2n) is 2.42. The zero-order valence-electron chi connectivity index (χ0n) is 5.73. The number of amides is 1. The third-order valence-electron chi connectivity index (χ3n) is 1.60. The predicted octanol–water partition coefficient (Wildman–Crippen LogP) is 0.976. The van der Waals surface area contributed by atoms with Crippen molar-refractivity contribution in [1.82, 2.24) is 5.32 Å². The molecule has 0 aromatic rings. The summed E-state index contributed by atoms with van der Waals surface area (Å²) in [7, 11) is 0. The molecule has 2 nitrogen and oxygen atoms in total. The van der Waals surface area contributed by atoms with Gasteiger partial charge in [0.25, 0.3) is 0 Å². The number of hydrogen-bond donors (Lipinski definition) is 1. The van der Waals surface area contributed by atoms with Gasteiger partial charge in [0.05, 0.1) is 10.6 Å². The molecule has 1 amide bonds. The summed E-state index contributed by atoms with van der Waals surface area (Å²) in [5.74, 6) is 0.800. The lowest BCUT2D eigenvalue weighted by Gasteiger charge is -2.19. The average Bonchev–Trinajstić information content (AvgIpc) is 2.13. The summed E-state index contributed by atoms with van der Waals surface area (Å²) in [5.41, 5.74) is 0. The molecule has 1 aliphatic heterocycles. The Balaban J connectivity index is 2.54. The Hall–Kier alpha value is -0.180. The van der Waals surface area contributed by atoms with Crippen LogP contribution in [0.15, 0.2) is 0 Å². The smallest absolute Gasteiger partial charge is 0.231 e. The Morgan fingerprint density at radius 2 is 2.56 bits per heavy atom. The van der Waals surface area contributed by atoms with Gasteiger partial charge >= 0.3 is 0 Å². The molecule has 3 heteroatoms. The first kappa shape index (κ1) is 6.93. The Morgan fingerprint density at radius 1 is 1.89 bits per heavy atom. The molecule has 1 atom stereocenters. The Bertz CT molecular complexity index is 137.